The quantitative estimate of drug-likeness (QED) is 0.296. The Morgan fingerprint density at radius 2 is 1.93 bits per heavy atom. The first-order chi connectivity index (χ1) is 21.0. The number of hydrogen-bond donors (Lipinski definition) is 0. The summed E-state index contributed by atoms with van der Waals surface area (Å²) < 4.78 is 29.8. The molecule has 6 heterocycles. The third kappa shape index (κ3) is 5.26. The van der Waals surface area contributed by atoms with Gasteiger partial charge in [-0.05, 0) is 77.6 Å². The van der Waals surface area contributed by atoms with Crippen LogP contribution >= 0.6 is 0 Å². The van der Waals surface area contributed by atoms with Crippen LogP contribution in [0.3, 0.4) is 0 Å². The van der Waals surface area contributed by atoms with E-state index in [-0.39, 0.29) is 6.09 Å². The van der Waals surface area contributed by atoms with Crippen molar-refractivity contribution in [1.82, 2.24) is 33.9 Å². The molecule has 1 saturated heterocycles. The van der Waals surface area contributed by atoms with Crippen molar-refractivity contribution in [1.29, 1.82) is 5.26 Å². The van der Waals surface area contributed by atoms with Gasteiger partial charge in [0.05, 0.1) is 36.5 Å². The molecule has 0 aromatic carbocycles. The van der Waals surface area contributed by atoms with Crippen LogP contribution in [0.5, 0.6) is 5.88 Å². The van der Waals surface area contributed by atoms with Crippen LogP contribution in [0.25, 0.3) is 5.65 Å². The van der Waals surface area contributed by atoms with Crippen LogP contribution in [0.1, 0.15) is 81.3 Å². The highest BCUT2D eigenvalue weighted by molar-refractivity contribution is 5.70. The summed E-state index contributed by atoms with van der Waals surface area (Å²) in [5.74, 6) is -0.0659. The van der Waals surface area contributed by atoms with Crippen LogP contribution < -0.4 is 4.74 Å². The number of aromatic nitrogens is 5. The smallest absolute Gasteiger partial charge is 0.412 e. The molecule has 230 valence electrons. The zero-order chi connectivity index (χ0) is 31.2. The maximum Gasteiger partial charge on any atom is 0.412 e. The number of nitrogens with zero attached hydrogens (tertiary/aromatic N) is 8. The molecule has 0 N–H and O–H groups in total. The van der Waals surface area contributed by atoms with Crippen LogP contribution in [0.2, 0.25) is 0 Å². The Hall–Kier alpha value is -4.50. The van der Waals surface area contributed by atoms with Crippen molar-refractivity contribution in [2.45, 2.75) is 84.3 Å². The van der Waals surface area contributed by atoms with Crippen molar-refractivity contribution in [3.63, 3.8) is 0 Å². The fourth-order valence-electron chi connectivity index (χ4n) is 6.37. The first-order valence-corrected chi connectivity index (χ1v) is 15.0. The number of fused-ring (bicyclic) bond motifs is 2. The Balaban J connectivity index is 1.52. The second kappa shape index (κ2) is 11.2. The van der Waals surface area contributed by atoms with Crippen molar-refractivity contribution in [2.75, 3.05) is 13.1 Å². The van der Waals surface area contributed by atoms with Gasteiger partial charge in [0.1, 0.15) is 40.6 Å². The number of carbonyl (C=O) groups is 1. The molecule has 12 heteroatoms. The summed E-state index contributed by atoms with van der Waals surface area (Å²) in [7, 11) is 0. The van der Waals surface area contributed by atoms with E-state index in [1.165, 1.54) is 12.3 Å². The maximum absolute atomic E-state index is 14.0. The summed E-state index contributed by atoms with van der Waals surface area (Å²) in [4.78, 5) is 27.0. The Morgan fingerprint density at radius 3 is 2.66 bits per heavy atom. The molecule has 11 nitrogen and oxygen atoms in total. The van der Waals surface area contributed by atoms with Gasteiger partial charge in [0.15, 0.2) is 0 Å². The molecule has 1 amide bonds. The average Bonchev–Trinajstić information content (AvgIpc) is 3.59. The fourth-order valence-corrected chi connectivity index (χ4v) is 6.37. The van der Waals surface area contributed by atoms with Gasteiger partial charge in [0, 0.05) is 31.3 Å². The lowest BCUT2D eigenvalue weighted by Crippen LogP contribution is -2.63. The van der Waals surface area contributed by atoms with E-state index in [0.717, 1.165) is 35.9 Å². The number of imidazole rings is 1. The first-order valence-electron chi connectivity index (χ1n) is 15.0. The van der Waals surface area contributed by atoms with Gasteiger partial charge >= 0.3 is 6.09 Å². The standard InChI is InChI=1S/C32H37FN8O3/c1-21-17-37-40-13-12-38(20-27(21)40)32(10-6-7-11-39(32)30(42)44-31(3,4)5)23-14-28-36-19-25(16-34)41(28)29(15-23)43-22(2)26-9-8-24(33)18-35-26/h8-9,14-15,17-19,22H,6-7,10-13,20H2,1-5H3. The molecule has 2 unspecified atom stereocenters. The number of piperidine rings is 1. The molecule has 6 rings (SSSR count). The predicted octanol–water partition coefficient (Wildman–Crippen LogP) is 5.47. The van der Waals surface area contributed by atoms with Crippen molar-refractivity contribution in [2.24, 2.45) is 0 Å². The number of halogens is 1. The monoisotopic (exact) mass is 600 g/mol. The van der Waals surface area contributed by atoms with E-state index < -0.39 is 23.2 Å². The van der Waals surface area contributed by atoms with Crippen molar-refractivity contribution in [3.8, 4) is 11.9 Å². The molecule has 2 aliphatic heterocycles. The van der Waals surface area contributed by atoms with E-state index in [2.05, 4.69) is 33.0 Å². The molecule has 4 aromatic heterocycles. The molecular formula is C32H37FN8O3. The number of hydrogen-bond acceptors (Lipinski definition) is 8. The topological polar surface area (TPSA) is 114 Å². The minimum atomic E-state index is -0.890. The second-order valence-electron chi connectivity index (χ2n) is 12.5. The predicted molar refractivity (Wildman–Crippen MR) is 159 cm³/mol. The number of nitriles is 1. The molecule has 0 spiro atoms. The summed E-state index contributed by atoms with van der Waals surface area (Å²) in [5.41, 5.74) is 2.79. The van der Waals surface area contributed by atoms with E-state index in [0.29, 0.717) is 55.5 Å². The van der Waals surface area contributed by atoms with Crippen LogP contribution in [-0.2, 0) is 23.5 Å². The van der Waals surface area contributed by atoms with Gasteiger partial charge in [-0.2, -0.15) is 10.4 Å². The van der Waals surface area contributed by atoms with Crippen molar-refractivity contribution < 1.29 is 18.7 Å². The lowest BCUT2D eigenvalue weighted by molar-refractivity contribution is -0.104. The summed E-state index contributed by atoms with van der Waals surface area (Å²) in [5, 5.41) is 14.5. The summed E-state index contributed by atoms with van der Waals surface area (Å²) in [6.45, 7) is 11.9. The number of amides is 1. The van der Waals surface area contributed by atoms with Gasteiger partial charge in [-0.15, -0.1) is 0 Å². The van der Waals surface area contributed by atoms with E-state index in [1.54, 1.807) is 10.5 Å². The summed E-state index contributed by atoms with van der Waals surface area (Å²) >= 11 is 0. The Bertz CT molecular complexity index is 1740. The van der Waals surface area contributed by atoms with Crippen molar-refractivity contribution >= 4 is 11.7 Å². The lowest BCUT2D eigenvalue weighted by atomic mass is 9.86. The largest absolute Gasteiger partial charge is 0.469 e. The third-order valence-electron chi connectivity index (χ3n) is 8.43. The van der Waals surface area contributed by atoms with Gasteiger partial charge < -0.3 is 9.47 Å². The average molecular weight is 601 g/mol. The number of ether oxygens (including phenoxy) is 2. The SMILES string of the molecule is Cc1cnn2c1CN(C1(c3cc(OC(C)c4ccc(F)cn4)n4c(C#N)cnc4c3)CCCCN1C(=O)OC(C)(C)C)CC2. The molecule has 0 saturated carbocycles. The molecular weight excluding hydrogens is 563 g/mol. The Morgan fingerprint density at radius 1 is 1.11 bits per heavy atom. The fraction of sp³-hybridized carbons (Fsp3) is 0.469. The minimum Gasteiger partial charge on any atom is -0.469 e. The number of carbonyl (C=O) groups excluding carboxylic acids is 1. The summed E-state index contributed by atoms with van der Waals surface area (Å²) in [6.07, 6.45) is 5.98. The van der Waals surface area contributed by atoms with Gasteiger partial charge in [0.25, 0.3) is 0 Å². The Kier molecular flexibility index (Phi) is 7.53. The Labute approximate surface area is 255 Å². The lowest BCUT2D eigenvalue weighted by Gasteiger charge is -2.54. The minimum absolute atomic E-state index is 0.306. The van der Waals surface area contributed by atoms with Crippen LogP contribution in [-0.4, -0.2) is 58.7 Å². The van der Waals surface area contributed by atoms with Crippen LogP contribution in [0.15, 0.2) is 42.9 Å². The van der Waals surface area contributed by atoms with Crippen molar-refractivity contribution in [3.05, 3.63) is 76.9 Å². The molecule has 1 fully saturated rings. The molecule has 2 atom stereocenters. The van der Waals surface area contributed by atoms with Gasteiger partial charge in [-0.25, -0.2) is 14.2 Å². The number of likely N-dealkylation sites (tertiary alicyclic amines) is 1. The van der Waals surface area contributed by atoms with Gasteiger partial charge in [-0.1, -0.05) is 0 Å². The zero-order valence-corrected chi connectivity index (χ0v) is 25.7. The van der Waals surface area contributed by atoms with E-state index >= 15 is 0 Å². The summed E-state index contributed by atoms with van der Waals surface area (Å²) in [6, 6.07) is 8.95. The molecule has 44 heavy (non-hydrogen) atoms. The van der Waals surface area contributed by atoms with E-state index in [9.17, 15) is 14.4 Å². The zero-order valence-electron chi connectivity index (χ0n) is 25.7. The van der Waals surface area contributed by atoms with E-state index in [4.69, 9.17) is 9.47 Å². The molecule has 0 aliphatic carbocycles. The highest BCUT2D eigenvalue weighted by atomic mass is 19.1. The van der Waals surface area contributed by atoms with Gasteiger partial charge in [-0.3, -0.25) is 23.9 Å². The number of pyridine rings is 2. The molecule has 0 radical (unpaired) electrons. The molecule has 0 bridgehead atoms. The van der Waals surface area contributed by atoms with Gasteiger partial charge in [0.2, 0.25) is 5.88 Å². The number of rotatable bonds is 5. The molecule has 4 aromatic rings. The normalized spacial score (nSPS) is 19.8. The number of aryl methyl sites for hydroxylation is 1. The van der Waals surface area contributed by atoms with E-state index in [1.807, 2.05) is 55.6 Å². The molecule has 2 aliphatic rings. The van der Waals surface area contributed by atoms with Crippen LogP contribution in [0.4, 0.5) is 9.18 Å². The third-order valence-corrected chi connectivity index (χ3v) is 8.43. The second-order valence-corrected chi connectivity index (χ2v) is 12.5. The van der Waals surface area contributed by atoms with Crippen LogP contribution in [0, 0.1) is 24.1 Å². The highest BCUT2D eigenvalue weighted by Crippen LogP contribution is 2.45. The maximum atomic E-state index is 14.0. The highest BCUT2D eigenvalue weighted by Gasteiger charge is 2.50. The first kappa shape index (κ1) is 29.6.